The summed E-state index contributed by atoms with van der Waals surface area (Å²) in [4.78, 5) is 27.0. The lowest BCUT2D eigenvalue weighted by Gasteiger charge is -2.10. The summed E-state index contributed by atoms with van der Waals surface area (Å²) in [5.41, 5.74) is 3.94. The van der Waals surface area contributed by atoms with E-state index in [-0.39, 0.29) is 18.0 Å². The van der Waals surface area contributed by atoms with E-state index in [1.165, 1.54) is 0 Å². The van der Waals surface area contributed by atoms with Gasteiger partial charge in [0.2, 0.25) is 0 Å². The Morgan fingerprint density at radius 2 is 2.00 bits per heavy atom. The summed E-state index contributed by atoms with van der Waals surface area (Å²) in [6.07, 6.45) is 1.15. The minimum Gasteiger partial charge on any atom is -0.348 e. The third kappa shape index (κ3) is 3.31. The molecule has 0 aliphatic heterocycles. The molecule has 3 N–H and O–H groups in total. The summed E-state index contributed by atoms with van der Waals surface area (Å²) in [6.45, 7) is 5.71. The van der Waals surface area contributed by atoms with Crippen molar-refractivity contribution in [2.75, 3.05) is 0 Å². The van der Waals surface area contributed by atoms with Crippen LogP contribution in [0.3, 0.4) is 0 Å². The molecule has 114 valence electrons. The van der Waals surface area contributed by atoms with E-state index in [9.17, 15) is 9.59 Å². The van der Waals surface area contributed by atoms with E-state index in [1.807, 2.05) is 32.9 Å². The second kappa shape index (κ2) is 6.39. The van der Waals surface area contributed by atoms with Gasteiger partial charge in [-0.05, 0) is 38.5 Å². The van der Waals surface area contributed by atoms with Crippen LogP contribution in [0.25, 0.3) is 0 Å². The Morgan fingerprint density at radius 1 is 1.27 bits per heavy atom. The van der Waals surface area contributed by atoms with Crippen LogP contribution >= 0.6 is 0 Å². The van der Waals surface area contributed by atoms with Crippen molar-refractivity contribution in [1.82, 2.24) is 10.3 Å². The van der Waals surface area contributed by atoms with Gasteiger partial charge in [0.05, 0.1) is 0 Å². The third-order valence-corrected chi connectivity index (χ3v) is 3.53. The summed E-state index contributed by atoms with van der Waals surface area (Å²) in [5.74, 6) is -0.290. The van der Waals surface area contributed by atoms with Gasteiger partial charge < -0.3 is 15.7 Å². The summed E-state index contributed by atoms with van der Waals surface area (Å²) in [5, 5.41) is 10.1. The standard InChI is InChI=1S/C17H19N3O2/c1-10-4-5-13(8-18)14(6-10)16(21)19-9-15-11(2)7-12(3)20-17(15)22/h4-8,18H,9H2,1-3H3,(H,19,21)(H,20,22). The molecule has 2 aromatic rings. The molecule has 1 aromatic carbocycles. The molecule has 0 saturated heterocycles. The number of carbonyl (C=O) groups excluding carboxylic acids is 1. The molecule has 1 heterocycles. The highest BCUT2D eigenvalue weighted by Crippen LogP contribution is 2.10. The number of nitrogens with one attached hydrogen (secondary N) is 3. The van der Waals surface area contributed by atoms with E-state index in [4.69, 9.17) is 5.41 Å². The van der Waals surface area contributed by atoms with Gasteiger partial charge in [-0.2, -0.15) is 0 Å². The van der Waals surface area contributed by atoms with Crippen LogP contribution < -0.4 is 10.9 Å². The van der Waals surface area contributed by atoms with Crippen molar-refractivity contribution in [3.05, 3.63) is 68.1 Å². The Hall–Kier alpha value is -2.69. The van der Waals surface area contributed by atoms with E-state index >= 15 is 0 Å². The predicted octanol–water partition coefficient (Wildman–Crippen LogP) is 2.23. The van der Waals surface area contributed by atoms with E-state index < -0.39 is 0 Å². The van der Waals surface area contributed by atoms with Crippen molar-refractivity contribution in [3.8, 4) is 0 Å². The summed E-state index contributed by atoms with van der Waals surface area (Å²) in [6, 6.07) is 7.20. The molecule has 0 unspecified atom stereocenters. The topological polar surface area (TPSA) is 85.8 Å². The Balaban J connectivity index is 2.23. The van der Waals surface area contributed by atoms with Crippen molar-refractivity contribution < 1.29 is 4.79 Å². The van der Waals surface area contributed by atoms with Crippen molar-refractivity contribution in [2.45, 2.75) is 27.3 Å². The lowest BCUT2D eigenvalue weighted by atomic mass is 10.0. The fraction of sp³-hybridized carbons (Fsp3) is 0.235. The van der Waals surface area contributed by atoms with Crippen LogP contribution in [0.4, 0.5) is 0 Å². The van der Waals surface area contributed by atoms with Crippen molar-refractivity contribution >= 4 is 12.1 Å². The summed E-state index contributed by atoms with van der Waals surface area (Å²) < 4.78 is 0. The number of aromatic nitrogens is 1. The molecule has 22 heavy (non-hydrogen) atoms. The largest absolute Gasteiger partial charge is 0.348 e. The lowest BCUT2D eigenvalue weighted by Crippen LogP contribution is -2.28. The van der Waals surface area contributed by atoms with Gasteiger partial charge in [-0.1, -0.05) is 17.7 Å². The van der Waals surface area contributed by atoms with Gasteiger partial charge in [-0.15, -0.1) is 0 Å². The monoisotopic (exact) mass is 297 g/mol. The SMILES string of the molecule is Cc1ccc(C=N)c(C(=O)NCc2c(C)cc(C)[nH]c2=O)c1. The van der Waals surface area contributed by atoms with E-state index in [0.29, 0.717) is 16.7 Å². The molecule has 1 aromatic heterocycles. The van der Waals surface area contributed by atoms with Crippen LogP contribution in [0.1, 0.15) is 38.3 Å². The minimum absolute atomic E-state index is 0.158. The molecule has 0 radical (unpaired) electrons. The number of aromatic amines is 1. The summed E-state index contributed by atoms with van der Waals surface area (Å²) in [7, 11) is 0. The molecule has 2 rings (SSSR count). The molecule has 0 atom stereocenters. The zero-order valence-corrected chi connectivity index (χ0v) is 12.9. The maximum Gasteiger partial charge on any atom is 0.253 e. The lowest BCUT2D eigenvalue weighted by molar-refractivity contribution is 0.0950. The number of hydrogen-bond acceptors (Lipinski definition) is 3. The van der Waals surface area contributed by atoms with Gasteiger partial charge in [0.1, 0.15) is 0 Å². The Labute approximate surface area is 128 Å². The smallest absolute Gasteiger partial charge is 0.253 e. The van der Waals surface area contributed by atoms with Crippen molar-refractivity contribution in [1.29, 1.82) is 5.41 Å². The van der Waals surface area contributed by atoms with Crippen LogP contribution in [0.15, 0.2) is 29.1 Å². The molecule has 0 fully saturated rings. The van der Waals surface area contributed by atoms with Gasteiger partial charge in [0.25, 0.3) is 11.5 Å². The predicted molar refractivity (Wildman–Crippen MR) is 86.8 cm³/mol. The first-order valence-corrected chi connectivity index (χ1v) is 7.01. The number of H-pyrrole nitrogens is 1. The number of benzene rings is 1. The Morgan fingerprint density at radius 3 is 2.64 bits per heavy atom. The highest BCUT2D eigenvalue weighted by atomic mass is 16.1. The normalized spacial score (nSPS) is 10.3. The van der Waals surface area contributed by atoms with Gasteiger partial charge >= 0.3 is 0 Å². The first-order valence-electron chi connectivity index (χ1n) is 7.01. The van der Waals surface area contributed by atoms with Gasteiger partial charge in [-0.3, -0.25) is 9.59 Å². The second-order valence-electron chi connectivity index (χ2n) is 5.36. The first kappa shape index (κ1) is 15.7. The molecular formula is C17H19N3O2. The van der Waals surface area contributed by atoms with Crippen LogP contribution in [0.2, 0.25) is 0 Å². The van der Waals surface area contributed by atoms with Crippen LogP contribution in [0.5, 0.6) is 0 Å². The van der Waals surface area contributed by atoms with Gasteiger partial charge in [-0.25, -0.2) is 0 Å². The zero-order valence-electron chi connectivity index (χ0n) is 12.9. The van der Waals surface area contributed by atoms with Crippen molar-refractivity contribution in [3.63, 3.8) is 0 Å². The summed E-state index contributed by atoms with van der Waals surface area (Å²) >= 11 is 0. The van der Waals surface area contributed by atoms with E-state index in [0.717, 1.165) is 23.0 Å². The van der Waals surface area contributed by atoms with E-state index in [2.05, 4.69) is 10.3 Å². The molecular weight excluding hydrogens is 278 g/mol. The highest BCUT2D eigenvalue weighted by Gasteiger charge is 2.12. The highest BCUT2D eigenvalue weighted by molar-refractivity contribution is 6.02. The molecule has 0 bridgehead atoms. The van der Waals surface area contributed by atoms with Crippen molar-refractivity contribution in [2.24, 2.45) is 0 Å². The van der Waals surface area contributed by atoms with Gasteiger partial charge in [0.15, 0.2) is 0 Å². The first-order chi connectivity index (χ1) is 10.4. The number of rotatable bonds is 4. The number of amides is 1. The Kier molecular flexibility index (Phi) is 4.56. The molecule has 5 heteroatoms. The molecule has 1 amide bonds. The second-order valence-corrected chi connectivity index (χ2v) is 5.36. The fourth-order valence-electron chi connectivity index (χ4n) is 2.36. The van der Waals surface area contributed by atoms with Crippen LogP contribution in [0, 0.1) is 26.2 Å². The average Bonchev–Trinajstić information content (AvgIpc) is 2.45. The number of hydrogen-bond donors (Lipinski definition) is 3. The van der Waals surface area contributed by atoms with Crippen LogP contribution in [-0.4, -0.2) is 17.1 Å². The maximum absolute atomic E-state index is 12.3. The Bertz CT molecular complexity index is 791. The van der Waals surface area contributed by atoms with E-state index in [1.54, 1.807) is 12.1 Å². The average molecular weight is 297 g/mol. The quantitative estimate of drug-likeness (QED) is 0.756. The molecule has 0 aliphatic carbocycles. The third-order valence-electron chi connectivity index (χ3n) is 3.53. The minimum atomic E-state index is -0.290. The molecule has 0 spiro atoms. The maximum atomic E-state index is 12.3. The zero-order chi connectivity index (χ0) is 16.3. The fourth-order valence-corrected chi connectivity index (χ4v) is 2.36. The molecule has 5 nitrogen and oxygen atoms in total. The van der Waals surface area contributed by atoms with Crippen LogP contribution in [-0.2, 0) is 6.54 Å². The van der Waals surface area contributed by atoms with Gasteiger partial charge in [0, 0.05) is 35.1 Å². The molecule has 0 aliphatic rings. The molecule has 0 saturated carbocycles. The number of aryl methyl sites for hydroxylation is 3. The number of carbonyl (C=O) groups is 1. The number of pyridine rings is 1.